The lowest BCUT2D eigenvalue weighted by atomic mass is 9.92. The van der Waals surface area contributed by atoms with Crippen molar-refractivity contribution in [2.24, 2.45) is 0 Å². The molecule has 2 unspecified atom stereocenters. The Morgan fingerprint density at radius 2 is 2.42 bits per heavy atom. The van der Waals surface area contributed by atoms with Gasteiger partial charge in [0.1, 0.15) is 5.60 Å². The number of allylic oxidation sites excluding steroid dienone is 1. The fourth-order valence-electron chi connectivity index (χ4n) is 1.20. The first-order valence-corrected chi connectivity index (χ1v) is 3.98. The minimum absolute atomic E-state index is 0.0774. The van der Waals surface area contributed by atoms with Crippen LogP contribution < -0.4 is 0 Å². The smallest absolute Gasteiger partial charge is 0.162 e. The number of carbonyl (C=O) groups is 1. The molecule has 1 rings (SSSR count). The summed E-state index contributed by atoms with van der Waals surface area (Å²) in [5.41, 5.74) is -0.499. The van der Waals surface area contributed by atoms with Crippen molar-refractivity contribution in [1.29, 1.82) is 0 Å². The standard InChI is InChI=1S/C9H14O3/c1-7(11-3)9(2)6-8(10)4-5-12-9/h4-5,7H,6H2,1-3H3. The summed E-state index contributed by atoms with van der Waals surface area (Å²) in [6.07, 6.45) is 3.20. The molecular formula is C9H14O3. The summed E-state index contributed by atoms with van der Waals surface area (Å²) in [6.45, 7) is 3.77. The molecule has 0 fully saturated rings. The van der Waals surface area contributed by atoms with Gasteiger partial charge in [0.25, 0.3) is 0 Å². The van der Waals surface area contributed by atoms with E-state index >= 15 is 0 Å². The highest BCUT2D eigenvalue weighted by atomic mass is 16.5. The summed E-state index contributed by atoms with van der Waals surface area (Å²) in [5, 5.41) is 0. The van der Waals surface area contributed by atoms with Gasteiger partial charge in [-0.25, -0.2) is 0 Å². The second-order valence-electron chi connectivity index (χ2n) is 3.25. The molecule has 68 valence electrons. The van der Waals surface area contributed by atoms with Crippen molar-refractivity contribution in [2.45, 2.75) is 32.0 Å². The lowest BCUT2D eigenvalue weighted by molar-refractivity contribution is -0.131. The van der Waals surface area contributed by atoms with Crippen LogP contribution >= 0.6 is 0 Å². The van der Waals surface area contributed by atoms with E-state index < -0.39 is 5.60 Å². The Morgan fingerprint density at radius 3 is 2.92 bits per heavy atom. The van der Waals surface area contributed by atoms with Crippen molar-refractivity contribution in [1.82, 2.24) is 0 Å². The molecule has 12 heavy (non-hydrogen) atoms. The molecule has 0 spiro atoms. The number of ketones is 1. The average Bonchev–Trinajstić information content (AvgIpc) is 2.02. The lowest BCUT2D eigenvalue weighted by Crippen LogP contribution is -2.43. The highest BCUT2D eigenvalue weighted by molar-refractivity contribution is 5.90. The first-order chi connectivity index (χ1) is 5.58. The molecule has 3 nitrogen and oxygen atoms in total. The molecule has 0 aromatic heterocycles. The van der Waals surface area contributed by atoms with Gasteiger partial charge in [-0.2, -0.15) is 0 Å². The molecule has 0 bridgehead atoms. The average molecular weight is 170 g/mol. The summed E-state index contributed by atoms with van der Waals surface area (Å²) in [6, 6.07) is 0. The molecule has 0 aliphatic carbocycles. The van der Waals surface area contributed by atoms with Gasteiger partial charge < -0.3 is 9.47 Å². The molecule has 1 heterocycles. The third-order valence-electron chi connectivity index (χ3n) is 2.33. The van der Waals surface area contributed by atoms with E-state index in [0.29, 0.717) is 6.42 Å². The predicted octanol–water partition coefficient (Wildman–Crippen LogP) is 1.28. The minimum Gasteiger partial charge on any atom is -0.492 e. The van der Waals surface area contributed by atoms with E-state index in [1.165, 1.54) is 12.3 Å². The number of methoxy groups -OCH3 is 1. The van der Waals surface area contributed by atoms with Crippen molar-refractivity contribution < 1.29 is 14.3 Å². The largest absolute Gasteiger partial charge is 0.492 e. The van der Waals surface area contributed by atoms with Gasteiger partial charge in [0, 0.05) is 13.2 Å². The van der Waals surface area contributed by atoms with Crippen LogP contribution in [-0.4, -0.2) is 24.6 Å². The molecule has 0 aromatic rings. The van der Waals surface area contributed by atoms with Gasteiger partial charge in [-0.3, -0.25) is 4.79 Å². The Balaban J connectivity index is 2.72. The molecule has 0 saturated carbocycles. The third-order valence-corrected chi connectivity index (χ3v) is 2.33. The Kier molecular flexibility index (Phi) is 2.52. The van der Waals surface area contributed by atoms with Crippen LogP contribution in [-0.2, 0) is 14.3 Å². The first kappa shape index (κ1) is 9.26. The quantitative estimate of drug-likeness (QED) is 0.626. The molecule has 1 aliphatic rings. The number of rotatable bonds is 2. The van der Waals surface area contributed by atoms with Crippen LogP contribution in [0.5, 0.6) is 0 Å². The zero-order valence-electron chi connectivity index (χ0n) is 7.66. The van der Waals surface area contributed by atoms with Gasteiger partial charge >= 0.3 is 0 Å². The number of hydrogen-bond donors (Lipinski definition) is 0. The van der Waals surface area contributed by atoms with E-state index in [1.807, 2.05) is 13.8 Å². The Hall–Kier alpha value is -0.830. The normalized spacial score (nSPS) is 31.4. The van der Waals surface area contributed by atoms with Gasteiger partial charge in [0.2, 0.25) is 0 Å². The van der Waals surface area contributed by atoms with Crippen molar-refractivity contribution in [3.8, 4) is 0 Å². The zero-order valence-corrected chi connectivity index (χ0v) is 7.66. The molecule has 0 amide bonds. The van der Waals surface area contributed by atoms with Gasteiger partial charge in [0.05, 0.1) is 18.8 Å². The molecule has 3 heteroatoms. The molecule has 0 saturated heterocycles. The van der Waals surface area contributed by atoms with Crippen LogP contribution in [0.1, 0.15) is 20.3 Å². The van der Waals surface area contributed by atoms with E-state index in [-0.39, 0.29) is 11.9 Å². The predicted molar refractivity (Wildman–Crippen MR) is 44.7 cm³/mol. The zero-order chi connectivity index (χ0) is 9.19. The molecule has 2 atom stereocenters. The van der Waals surface area contributed by atoms with Crippen LogP contribution in [0.25, 0.3) is 0 Å². The summed E-state index contributed by atoms with van der Waals surface area (Å²) in [4.78, 5) is 11.1. The summed E-state index contributed by atoms with van der Waals surface area (Å²) in [7, 11) is 1.61. The highest BCUT2D eigenvalue weighted by Gasteiger charge is 2.36. The first-order valence-electron chi connectivity index (χ1n) is 3.98. The second-order valence-corrected chi connectivity index (χ2v) is 3.25. The van der Waals surface area contributed by atoms with E-state index in [9.17, 15) is 4.79 Å². The summed E-state index contributed by atoms with van der Waals surface area (Å²) in [5.74, 6) is 0.0904. The van der Waals surface area contributed by atoms with Crippen molar-refractivity contribution in [3.05, 3.63) is 12.3 Å². The van der Waals surface area contributed by atoms with Crippen LogP contribution in [0, 0.1) is 0 Å². The Labute approximate surface area is 72.4 Å². The van der Waals surface area contributed by atoms with Gasteiger partial charge in [-0.15, -0.1) is 0 Å². The van der Waals surface area contributed by atoms with Crippen LogP contribution in [0.3, 0.4) is 0 Å². The molecule has 0 N–H and O–H groups in total. The van der Waals surface area contributed by atoms with E-state index in [4.69, 9.17) is 9.47 Å². The maximum Gasteiger partial charge on any atom is 0.162 e. The number of hydrogen-bond acceptors (Lipinski definition) is 3. The van der Waals surface area contributed by atoms with Gasteiger partial charge in [-0.1, -0.05) is 0 Å². The van der Waals surface area contributed by atoms with Crippen molar-refractivity contribution in [3.63, 3.8) is 0 Å². The lowest BCUT2D eigenvalue weighted by Gasteiger charge is -2.35. The van der Waals surface area contributed by atoms with E-state index in [2.05, 4.69) is 0 Å². The van der Waals surface area contributed by atoms with Crippen LogP contribution in [0.2, 0.25) is 0 Å². The molecule has 1 aliphatic heterocycles. The highest BCUT2D eigenvalue weighted by Crippen LogP contribution is 2.26. The topological polar surface area (TPSA) is 35.5 Å². The number of ether oxygens (including phenoxy) is 2. The Morgan fingerprint density at radius 1 is 1.75 bits per heavy atom. The van der Waals surface area contributed by atoms with Gasteiger partial charge in [0.15, 0.2) is 5.78 Å². The van der Waals surface area contributed by atoms with E-state index in [1.54, 1.807) is 7.11 Å². The van der Waals surface area contributed by atoms with Gasteiger partial charge in [-0.05, 0) is 13.8 Å². The maximum atomic E-state index is 11.1. The van der Waals surface area contributed by atoms with Crippen molar-refractivity contribution >= 4 is 5.78 Å². The molecular weight excluding hydrogens is 156 g/mol. The Bertz CT molecular complexity index is 210. The maximum absolute atomic E-state index is 11.1. The summed E-state index contributed by atoms with van der Waals surface area (Å²) < 4.78 is 10.5. The second kappa shape index (κ2) is 3.27. The van der Waals surface area contributed by atoms with E-state index in [0.717, 1.165) is 0 Å². The molecule has 0 radical (unpaired) electrons. The summed E-state index contributed by atoms with van der Waals surface area (Å²) >= 11 is 0. The number of carbonyl (C=O) groups excluding carboxylic acids is 1. The van der Waals surface area contributed by atoms with Crippen LogP contribution in [0.4, 0.5) is 0 Å². The monoisotopic (exact) mass is 170 g/mol. The van der Waals surface area contributed by atoms with Crippen LogP contribution in [0.15, 0.2) is 12.3 Å². The van der Waals surface area contributed by atoms with Crippen molar-refractivity contribution in [2.75, 3.05) is 7.11 Å². The third kappa shape index (κ3) is 1.67. The SMILES string of the molecule is COC(C)C1(C)CC(=O)C=CO1. The fourth-order valence-corrected chi connectivity index (χ4v) is 1.20. The fraction of sp³-hybridized carbons (Fsp3) is 0.667. The minimum atomic E-state index is -0.499. The molecule has 0 aromatic carbocycles.